The number of H-pyrrole nitrogens is 1. The molecule has 5 nitrogen and oxygen atoms in total. The minimum atomic E-state index is 0.112. The van der Waals surface area contributed by atoms with Gasteiger partial charge in [-0.25, -0.2) is 0 Å². The summed E-state index contributed by atoms with van der Waals surface area (Å²) in [6.45, 7) is 4.77. The SMILES string of the molecule is CCn1cnnc1SCC(=O)c1c(C)[nH]c2ccccc12. The highest BCUT2D eigenvalue weighted by Gasteiger charge is 2.17. The first-order chi connectivity index (χ1) is 10.2. The van der Waals surface area contributed by atoms with E-state index in [0.717, 1.165) is 33.9 Å². The van der Waals surface area contributed by atoms with E-state index in [2.05, 4.69) is 15.2 Å². The van der Waals surface area contributed by atoms with E-state index in [1.54, 1.807) is 6.33 Å². The van der Waals surface area contributed by atoms with Gasteiger partial charge < -0.3 is 9.55 Å². The first-order valence-corrected chi connectivity index (χ1v) is 7.80. The number of hydrogen-bond acceptors (Lipinski definition) is 4. The lowest BCUT2D eigenvalue weighted by molar-refractivity contribution is 0.102. The lowest BCUT2D eigenvalue weighted by Gasteiger charge is -2.03. The van der Waals surface area contributed by atoms with E-state index in [-0.39, 0.29) is 5.78 Å². The number of carbonyl (C=O) groups is 1. The fourth-order valence-corrected chi connectivity index (χ4v) is 3.26. The molecule has 3 aromatic rings. The smallest absolute Gasteiger partial charge is 0.191 e. The van der Waals surface area contributed by atoms with Crippen molar-refractivity contribution in [2.45, 2.75) is 25.5 Å². The molecule has 6 heteroatoms. The normalized spacial score (nSPS) is 11.1. The van der Waals surface area contributed by atoms with E-state index in [1.165, 1.54) is 11.8 Å². The first-order valence-electron chi connectivity index (χ1n) is 6.81. The van der Waals surface area contributed by atoms with E-state index in [4.69, 9.17) is 0 Å². The van der Waals surface area contributed by atoms with Crippen LogP contribution in [0.25, 0.3) is 10.9 Å². The molecule has 0 fully saturated rings. The molecule has 2 aromatic heterocycles. The van der Waals surface area contributed by atoms with Crippen LogP contribution in [0.5, 0.6) is 0 Å². The number of ketones is 1. The number of aromatic amines is 1. The number of benzene rings is 1. The molecule has 1 N–H and O–H groups in total. The van der Waals surface area contributed by atoms with Gasteiger partial charge in [0.2, 0.25) is 0 Å². The second-order valence-corrected chi connectivity index (χ2v) is 5.72. The number of aromatic nitrogens is 4. The number of thioether (sulfide) groups is 1. The minimum absolute atomic E-state index is 0.112. The molecule has 0 spiro atoms. The third-order valence-electron chi connectivity index (χ3n) is 3.43. The highest BCUT2D eigenvalue weighted by Crippen LogP contribution is 2.24. The number of rotatable bonds is 5. The van der Waals surface area contributed by atoms with Crippen molar-refractivity contribution in [3.63, 3.8) is 0 Å². The van der Waals surface area contributed by atoms with Crippen LogP contribution in [0.3, 0.4) is 0 Å². The summed E-state index contributed by atoms with van der Waals surface area (Å²) in [6, 6.07) is 7.88. The van der Waals surface area contributed by atoms with Crippen LogP contribution in [0, 0.1) is 6.92 Å². The monoisotopic (exact) mass is 300 g/mol. The lowest BCUT2D eigenvalue weighted by Crippen LogP contribution is -2.05. The Balaban J connectivity index is 1.83. The molecule has 0 unspecified atom stereocenters. The summed E-state index contributed by atoms with van der Waals surface area (Å²) >= 11 is 1.43. The lowest BCUT2D eigenvalue weighted by atomic mass is 10.1. The van der Waals surface area contributed by atoms with Crippen LogP contribution in [0.15, 0.2) is 35.7 Å². The Morgan fingerprint density at radius 3 is 3.00 bits per heavy atom. The molecule has 1 aromatic carbocycles. The van der Waals surface area contributed by atoms with Crippen LogP contribution < -0.4 is 0 Å². The third-order valence-corrected chi connectivity index (χ3v) is 4.41. The summed E-state index contributed by atoms with van der Waals surface area (Å²) < 4.78 is 1.93. The number of para-hydroxylation sites is 1. The van der Waals surface area contributed by atoms with Gasteiger partial charge in [0.05, 0.1) is 5.75 Å². The molecule has 0 aliphatic heterocycles. The topological polar surface area (TPSA) is 63.6 Å². The van der Waals surface area contributed by atoms with Gasteiger partial charge in [0.15, 0.2) is 10.9 Å². The fourth-order valence-electron chi connectivity index (χ4n) is 2.41. The summed E-state index contributed by atoms with van der Waals surface area (Å²) in [5.74, 6) is 0.474. The number of Topliss-reactive ketones (excluding diaryl/α,β-unsaturated/α-hetero) is 1. The van der Waals surface area contributed by atoms with Crippen molar-refractivity contribution in [3.8, 4) is 0 Å². The molecule has 3 rings (SSSR count). The molecule has 0 bridgehead atoms. The van der Waals surface area contributed by atoms with E-state index in [1.807, 2.05) is 42.7 Å². The summed E-state index contributed by atoms with van der Waals surface area (Å²) in [5, 5.41) is 9.68. The van der Waals surface area contributed by atoms with Gasteiger partial charge in [0.1, 0.15) is 6.33 Å². The molecule has 2 heterocycles. The Morgan fingerprint density at radius 1 is 1.38 bits per heavy atom. The zero-order chi connectivity index (χ0) is 14.8. The Labute approximate surface area is 126 Å². The average Bonchev–Trinajstić information content (AvgIpc) is 3.07. The largest absolute Gasteiger partial charge is 0.358 e. The summed E-state index contributed by atoms with van der Waals surface area (Å²) in [6.07, 6.45) is 1.68. The van der Waals surface area contributed by atoms with Crippen molar-refractivity contribution in [1.82, 2.24) is 19.7 Å². The van der Waals surface area contributed by atoms with Crippen molar-refractivity contribution >= 4 is 28.4 Å². The predicted octanol–water partition coefficient (Wildman–Crippen LogP) is 3.06. The van der Waals surface area contributed by atoms with Gasteiger partial charge in [0.25, 0.3) is 0 Å². The standard InChI is InChI=1S/C15H16N4OS/c1-3-19-9-16-18-15(19)21-8-13(20)14-10(2)17-12-7-5-4-6-11(12)14/h4-7,9,17H,3,8H2,1-2H3. The number of carbonyl (C=O) groups excluding carboxylic acids is 1. The zero-order valence-corrected chi connectivity index (χ0v) is 12.8. The maximum atomic E-state index is 12.5. The van der Waals surface area contributed by atoms with Crippen LogP contribution in [0.4, 0.5) is 0 Å². The minimum Gasteiger partial charge on any atom is -0.358 e. The fraction of sp³-hybridized carbons (Fsp3) is 0.267. The number of fused-ring (bicyclic) bond motifs is 1. The van der Waals surface area contributed by atoms with Crippen LogP contribution in [-0.4, -0.2) is 31.3 Å². The van der Waals surface area contributed by atoms with Crippen LogP contribution in [0.1, 0.15) is 23.0 Å². The van der Waals surface area contributed by atoms with Crippen molar-refractivity contribution in [1.29, 1.82) is 0 Å². The number of nitrogens with one attached hydrogen (secondary N) is 1. The predicted molar refractivity (Wildman–Crippen MR) is 83.8 cm³/mol. The van der Waals surface area contributed by atoms with Crippen LogP contribution in [0.2, 0.25) is 0 Å². The Hall–Kier alpha value is -2.08. The van der Waals surface area contributed by atoms with Crippen molar-refractivity contribution < 1.29 is 4.79 Å². The van der Waals surface area contributed by atoms with E-state index >= 15 is 0 Å². The van der Waals surface area contributed by atoms with Crippen LogP contribution >= 0.6 is 11.8 Å². The molecule has 0 atom stereocenters. The van der Waals surface area contributed by atoms with Gasteiger partial charge in [-0.05, 0) is 19.9 Å². The Bertz CT molecular complexity index is 790. The van der Waals surface area contributed by atoms with Crippen molar-refractivity contribution in [2.24, 2.45) is 0 Å². The molecule has 21 heavy (non-hydrogen) atoms. The molecule has 0 aliphatic carbocycles. The summed E-state index contributed by atoms with van der Waals surface area (Å²) in [7, 11) is 0. The Kier molecular flexibility index (Phi) is 3.79. The first kappa shape index (κ1) is 13.9. The van der Waals surface area contributed by atoms with Crippen molar-refractivity contribution in [3.05, 3.63) is 41.9 Å². The van der Waals surface area contributed by atoms with Gasteiger partial charge in [-0.1, -0.05) is 30.0 Å². The maximum absolute atomic E-state index is 12.5. The number of hydrogen-bond donors (Lipinski definition) is 1. The Morgan fingerprint density at radius 2 is 2.19 bits per heavy atom. The van der Waals surface area contributed by atoms with E-state index in [9.17, 15) is 4.79 Å². The molecule has 0 aliphatic rings. The quantitative estimate of drug-likeness (QED) is 0.581. The molecule has 0 saturated carbocycles. The molecular formula is C15H16N4OS. The van der Waals surface area contributed by atoms with Gasteiger partial charge >= 0.3 is 0 Å². The van der Waals surface area contributed by atoms with Crippen LogP contribution in [-0.2, 0) is 6.54 Å². The average molecular weight is 300 g/mol. The maximum Gasteiger partial charge on any atom is 0.191 e. The van der Waals surface area contributed by atoms with Crippen molar-refractivity contribution in [2.75, 3.05) is 5.75 Å². The molecule has 0 saturated heterocycles. The van der Waals surface area contributed by atoms with Gasteiger partial charge in [-0.3, -0.25) is 4.79 Å². The van der Waals surface area contributed by atoms with E-state index in [0.29, 0.717) is 5.75 Å². The molecule has 0 radical (unpaired) electrons. The second-order valence-electron chi connectivity index (χ2n) is 4.78. The van der Waals surface area contributed by atoms with Gasteiger partial charge in [-0.15, -0.1) is 10.2 Å². The van der Waals surface area contributed by atoms with Gasteiger partial charge in [0, 0.05) is 28.7 Å². The highest BCUT2D eigenvalue weighted by atomic mass is 32.2. The highest BCUT2D eigenvalue weighted by molar-refractivity contribution is 7.99. The molecule has 0 amide bonds. The summed E-state index contributed by atoms with van der Waals surface area (Å²) in [5.41, 5.74) is 2.69. The second kappa shape index (κ2) is 5.73. The molecule has 108 valence electrons. The van der Waals surface area contributed by atoms with E-state index < -0.39 is 0 Å². The number of nitrogens with zero attached hydrogens (tertiary/aromatic N) is 3. The van der Waals surface area contributed by atoms with Gasteiger partial charge in [-0.2, -0.15) is 0 Å². The zero-order valence-electron chi connectivity index (χ0n) is 12.0. The third kappa shape index (κ3) is 2.58. The number of aryl methyl sites for hydroxylation is 2. The summed E-state index contributed by atoms with van der Waals surface area (Å²) in [4.78, 5) is 15.8. The molecular weight excluding hydrogens is 284 g/mol.